The van der Waals surface area contributed by atoms with Gasteiger partial charge in [-0.25, -0.2) is 9.19 Å². The molecule has 0 bridgehead atoms. The Morgan fingerprint density at radius 3 is 2.50 bits per heavy atom. The predicted molar refractivity (Wildman–Crippen MR) is 35.8 cm³/mol. The summed E-state index contributed by atoms with van der Waals surface area (Å²) in [6.07, 6.45) is 2.86. The molecule has 0 amide bonds. The Hall–Kier alpha value is -0.810. The van der Waals surface area contributed by atoms with E-state index in [1.807, 2.05) is 0 Å². The molecule has 0 fully saturated rings. The summed E-state index contributed by atoms with van der Waals surface area (Å²) in [6.45, 7) is 1.64. The summed E-state index contributed by atoms with van der Waals surface area (Å²) in [7, 11) is 0. The van der Waals surface area contributed by atoms with Crippen molar-refractivity contribution < 1.29 is 8.76 Å². The lowest BCUT2D eigenvalue weighted by Crippen LogP contribution is -1.97. The maximum absolute atomic E-state index is 10.4. The van der Waals surface area contributed by atoms with Crippen molar-refractivity contribution in [2.75, 3.05) is 0 Å². The molecule has 0 aliphatic heterocycles. The van der Waals surface area contributed by atoms with Crippen molar-refractivity contribution in [1.29, 1.82) is 0 Å². The molecular formula is C5H6N2O2S. The van der Waals surface area contributed by atoms with E-state index < -0.39 is 11.1 Å². The zero-order valence-electron chi connectivity index (χ0n) is 5.31. The minimum atomic E-state index is -2.01. The van der Waals surface area contributed by atoms with E-state index in [1.54, 1.807) is 6.92 Å². The second-order valence-corrected chi connectivity index (χ2v) is 2.58. The number of nitrogens with zero attached hydrogens (tertiary/aromatic N) is 2. The Morgan fingerprint density at radius 2 is 2.10 bits per heavy atom. The molecule has 0 aliphatic rings. The van der Waals surface area contributed by atoms with Crippen LogP contribution in [0.3, 0.4) is 0 Å². The third-order valence-electron chi connectivity index (χ3n) is 1.00. The number of hydrogen-bond donors (Lipinski definition) is 1. The minimum Gasteiger partial charge on any atom is -0.301 e. The zero-order chi connectivity index (χ0) is 7.56. The summed E-state index contributed by atoms with van der Waals surface area (Å²) in [6, 6.07) is 0. The van der Waals surface area contributed by atoms with Crippen LogP contribution in [0.5, 0.6) is 0 Å². The van der Waals surface area contributed by atoms with Crippen LogP contribution in [-0.2, 0) is 11.1 Å². The highest BCUT2D eigenvalue weighted by Gasteiger charge is 2.04. The standard InChI is InChI=1S/C5H6N2O2S/c1-4-5(10(8)9)7-3-2-6-4/h2-3H,1H3,(H,8,9). The van der Waals surface area contributed by atoms with E-state index in [1.165, 1.54) is 12.4 Å². The van der Waals surface area contributed by atoms with Gasteiger partial charge >= 0.3 is 0 Å². The molecule has 10 heavy (non-hydrogen) atoms. The molecular weight excluding hydrogens is 152 g/mol. The molecule has 5 heteroatoms. The SMILES string of the molecule is Cc1nccnc1S(=O)O. The molecule has 0 aromatic carbocycles. The molecule has 1 N–H and O–H groups in total. The monoisotopic (exact) mass is 158 g/mol. The van der Waals surface area contributed by atoms with Crippen molar-refractivity contribution in [3.8, 4) is 0 Å². The van der Waals surface area contributed by atoms with E-state index in [0.29, 0.717) is 5.69 Å². The van der Waals surface area contributed by atoms with Crippen LogP contribution in [0, 0.1) is 6.92 Å². The van der Waals surface area contributed by atoms with E-state index in [2.05, 4.69) is 9.97 Å². The van der Waals surface area contributed by atoms with Crippen molar-refractivity contribution in [2.24, 2.45) is 0 Å². The fourth-order valence-corrected chi connectivity index (χ4v) is 1.02. The Morgan fingerprint density at radius 1 is 1.50 bits per heavy atom. The molecule has 0 saturated carbocycles. The van der Waals surface area contributed by atoms with Gasteiger partial charge in [-0.05, 0) is 6.92 Å². The minimum absolute atomic E-state index is 0.127. The Labute approximate surface area is 60.6 Å². The molecule has 1 rings (SSSR count). The third kappa shape index (κ3) is 1.37. The van der Waals surface area contributed by atoms with Gasteiger partial charge in [0.05, 0.1) is 5.69 Å². The molecule has 0 saturated heterocycles. The maximum atomic E-state index is 10.4. The van der Waals surface area contributed by atoms with E-state index >= 15 is 0 Å². The van der Waals surface area contributed by atoms with Crippen molar-refractivity contribution in [2.45, 2.75) is 11.9 Å². The highest BCUT2D eigenvalue weighted by molar-refractivity contribution is 7.79. The van der Waals surface area contributed by atoms with Gasteiger partial charge in [0.15, 0.2) is 5.03 Å². The molecule has 1 heterocycles. The van der Waals surface area contributed by atoms with Crippen molar-refractivity contribution >= 4 is 11.1 Å². The summed E-state index contributed by atoms with van der Waals surface area (Å²) in [5.41, 5.74) is 0.489. The fraction of sp³-hybridized carbons (Fsp3) is 0.200. The number of aryl methyl sites for hydroxylation is 1. The van der Waals surface area contributed by atoms with E-state index in [9.17, 15) is 4.21 Å². The first-order valence-corrected chi connectivity index (χ1v) is 3.71. The highest BCUT2D eigenvalue weighted by Crippen LogP contribution is 2.02. The molecule has 1 aromatic rings. The summed E-state index contributed by atoms with van der Waals surface area (Å²) in [4.78, 5) is 7.45. The number of aromatic nitrogens is 2. The first kappa shape index (κ1) is 7.30. The molecule has 1 aromatic heterocycles. The van der Waals surface area contributed by atoms with Gasteiger partial charge in [-0.2, -0.15) is 0 Å². The van der Waals surface area contributed by atoms with E-state index in [4.69, 9.17) is 4.55 Å². The van der Waals surface area contributed by atoms with Crippen LogP contribution < -0.4 is 0 Å². The quantitative estimate of drug-likeness (QED) is 0.599. The average Bonchev–Trinajstić information content (AvgIpc) is 1.88. The van der Waals surface area contributed by atoms with Crippen LogP contribution in [-0.4, -0.2) is 18.7 Å². The maximum Gasteiger partial charge on any atom is 0.207 e. The average molecular weight is 158 g/mol. The normalized spacial score (nSPS) is 13.0. The van der Waals surface area contributed by atoms with Gasteiger partial charge < -0.3 is 4.55 Å². The first-order valence-electron chi connectivity index (χ1n) is 2.60. The summed E-state index contributed by atoms with van der Waals surface area (Å²) in [5, 5.41) is 0.127. The second-order valence-electron chi connectivity index (χ2n) is 1.70. The first-order chi connectivity index (χ1) is 4.72. The van der Waals surface area contributed by atoms with E-state index in [0.717, 1.165) is 0 Å². The molecule has 54 valence electrons. The van der Waals surface area contributed by atoms with E-state index in [-0.39, 0.29) is 5.03 Å². The highest BCUT2D eigenvalue weighted by atomic mass is 32.2. The lowest BCUT2D eigenvalue weighted by Gasteiger charge is -1.94. The van der Waals surface area contributed by atoms with Crippen LogP contribution in [0.15, 0.2) is 17.4 Å². The van der Waals surface area contributed by atoms with Gasteiger partial charge in [-0.3, -0.25) is 4.98 Å². The van der Waals surface area contributed by atoms with Crippen molar-refractivity contribution in [3.05, 3.63) is 18.1 Å². The van der Waals surface area contributed by atoms with Crippen LogP contribution in [0.25, 0.3) is 0 Å². The van der Waals surface area contributed by atoms with Crippen molar-refractivity contribution in [1.82, 2.24) is 9.97 Å². The second kappa shape index (κ2) is 2.85. The van der Waals surface area contributed by atoms with Crippen LogP contribution in [0.1, 0.15) is 5.69 Å². The lowest BCUT2D eigenvalue weighted by atomic mass is 10.5. The lowest BCUT2D eigenvalue weighted by molar-refractivity contribution is 0.558. The summed E-state index contributed by atoms with van der Waals surface area (Å²) in [5.74, 6) is 0. The molecule has 1 unspecified atom stereocenters. The van der Waals surface area contributed by atoms with Gasteiger partial charge in [0.2, 0.25) is 11.1 Å². The fourth-order valence-electron chi connectivity index (χ4n) is 0.566. The van der Waals surface area contributed by atoms with Gasteiger partial charge in [-0.15, -0.1) is 0 Å². The van der Waals surface area contributed by atoms with Crippen molar-refractivity contribution in [3.63, 3.8) is 0 Å². The zero-order valence-corrected chi connectivity index (χ0v) is 6.13. The number of hydrogen-bond acceptors (Lipinski definition) is 3. The predicted octanol–water partition coefficient (Wildman–Crippen LogP) is 0.366. The third-order valence-corrected chi connectivity index (χ3v) is 1.73. The molecule has 0 spiro atoms. The Balaban J connectivity index is 3.15. The molecule has 4 nitrogen and oxygen atoms in total. The van der Waals surface area contributed by atoms with Crippen LogP contribution in [0.4, 0.5) is 0 Å². The summed E-state index contributed by atoms with van der Waals surface area (Å²) >= 11 is -2.01. The van der Waals surface area contributed by atoms with Gasteiger partial charge in [0.25, 0.3) is 0 Å². The Bertz CT molecular complexity index is 264. The molecule has 0 radical (unpaired) electrons. The topological polar surface area (TPSA) is 63.1 Å². The smallest absolute Gasteiger partial charge is 0.207 e. The summed E-state index contributed by atoms with van der Waals surface area (Å²) < 4.78 is 19.0. The number of rotatable bonds is 1. The van der Waals surface area contributed by atoms with Gasteiger partial charge in [0, 0.05) is 12.4 Å². The van der Waals surface area contributed by atoms with Gasteiger partial charge in [-0.1, -0.05) is 0 Å². The largest absolute Gasteiger partial charge is 0.301 e. The Kier molecular flexibility index (Phi) is 2.08. The van der Waals surface area contributed by atoms with Crippen LogP contribution in [0.2, 0.25) is 0 Å². The van der Waals surface area contributed by atoms with Crippen LogP contribution >= 0.6 is 0 Å². The molecule has 1 atom stereocenters. The van der Waals surface area contributed by atoms with Gasteiger partial charge in [0.1, 0.15) is 0 Å². The molecule has 0 aliphatic carbocycles.